The number of benzene rings is 1. The van der Waals surface area contributed by atoms with Crippen LogP contribution in [0.1, 0.15) is 16.8 Å². The van der Waals surface area contributed by atoms with E-state index in [1.54, 1.807) is 0 Å². The molecular formula is C12H13ClFNO5S. The summed E-state index contributed by atoms with van der Waals surface area (Å²) >= 11 is 5.71. The smallest absolute Gasteiger partial charge is 0.338 e. The van der Waals surface area contributed by atoms with Crippen LogP contribution >= 0.6 is 11.6 Å². The molecule has 0 bridgehead atoms. The Hall–Kier alpha value is -1.22. The monoisotopic (exact) mass is 337 g/mol. The minimum atomic E-state index is -4.16. The van der Waals surface area contributed by atoms with Gasteiger partial charge in [0, 0.05) is 24.7 Å². The zero-order valence-corrected chi connectivity index (χ0v) is 12.5. The zero-order valence-electron chi connectivity index (χ0n) is 10.9. The number of aromatic carboxylic acids is 1. The van der Waals surface area contributed by atoms with Crippen molar-refractivity contribution in [1.82, 2.24) is 4.31 Å². The van der Waals surface area contributed by atoms with Crippen molar-refractivity contribution in [3.63, 3.8) is 0 Å². The largest absolute Gasteiger partial charge is 0.478 e. The fourth-order valence-corrected chi connectivity index (χ4v) is 3.87. The SMILES string of the molecule is O=C(O)c1cc(Cl)cc(S(=O)(=O)N2CCCOCC2)c1F. The van der Waals surface area contributed by atoms with E-state index in [1.807, 2.05) is 0 Å². The molecular weight excluding hydrogens is 325 g/mol. The number of hydrogen-bond acceptors (Lipinski definition) is 4. The van der Waals surface area contributed by atoms with Crippen LogP contribution in [0.15, 0.2) is 17.0 Å². The quantitative estimate of drug-likeness (QED) is 0.905. The zero-order chi connectivity index (χ0) is 15.6. The summed E-state index contributed by atoms with van der Waals surface area (Å²) in [6.45, 7) is 0.880. The van der Waals surface area contributed by atoms with Crippen LogP contribution in [-0.2, 0) is 14.8 Å². The second kappa shape index (κ2) is 6.27. The number of rotatable bonds is 3. The summed E-state index contributed by atoms with van der Waals surface area (Å²) in [5, 5.41) is 8.75. The number of halogens is 2. The Balaban J connectivity index is 2.51. The Morgan fingerprint density at radius 3 is 2.71 bits per heavy atom. The van der Waals surface area contributed by atoms with Crippen LogP contribution in [0.2, 0.25) is 5.02 Å². The molecule has 0 amide bonds. The highest BCUT2D eigenvalue weighted by atomic mass is 35.5. The summed E-state index contributed by atoms with van der Waals surface area (Å²) in [5.41, 5.74) is -0.771. The average Bonchev–Trinajstić information content (AvgIpc) is 2.70. The minimum absolute atomic E-state index is 0.0801. The Bertz CT molecular complexity index is 656. The number of nitrogens with zero attached hydrogens (tertiary/aromatic N) is 1. The molecule has 0 aromatic heterocycles. The van der Waals surface area contributed by atoms with E-state index in [4.69, 9.17) is 21.4 Å². The first kappa shape index (κ1) is 16.2. The molecule has 9 heteroatoms. The molecule has 0 saturated carbocycles. The Kier molecular flexibility index (Phi) is 4.82. The average molecular weight is 338 g/mol. The Labute approximate surface area is 126 Å². The van der Waals surface area contributed by atoms with Gasteiger partial charge < -0.3 is 9.84 Å². The molecule has 2 rings (SSSR count). The predicted octanol–water partition coefficient (Wildman–Crippen LogP) is 1.59. The van der Waals surface area contributed by atoms with Gasteiger partial charge in [-0.05, 0) is 18.6 Å². The van der Waals surface area contributed by atoms with Crippen LogP contribution in [0.5, 0.6) is 0 Å². The van der Waals surface area contributed by atoms with Gasteiger partial charge in [-0.1, -0.05) is 11.6 Å². The second-order valence-corrected chi connectivity index (χ2v) is 6.78. The lowest BCUT2D eigenvalue weighted by Crippen LogP contribution is -2.34. The third-order valence-electron chi connectivity index (χ3n) is 3.03. The maximum Gasteiger partial charge on any atom is 0.338 e. The summed E-state index contributed by atoms with van der Waals surface area (Å²) in [7, 11) is -4.16. The van der Waals surface area contributed by atoms with Crippen LogP contribution in [0.4, 0.5) is 4.39 Å². The molecule has 1 aliphatic rings. The third-order valence-corrected chi connectivity index (χ3v) is 5.15. The maximum absolute atomic E-state index is 14.2. The van der Waals surface area contributed by atoms with Gasteiger partial charge in [0.15, 0.2) is 5.82 Å². The molecule has 0 aliphatic carbocycles. The molecule has 1 heterocycles. The normalized spacial score (nSPS) is 17.4. The van der Waals surface area contributed by atoms with Gasteiger partial charge >= 0.3 is 5.97 Å². The van der Waals surface area contributed by atoms with Crippen molar-refractivity contribution >= 4 is 27.6 Å². The standard InChI is InChI=1S/C12H13ClFNO5S/c13-8-6-9(12(16)17)11(14)10(7-8)21(18,19)15-2-1-4-20-5-3-15/h6-7H,1-5H2,(H,16,17). The van der Waals surface area contributed by atoms with Crippen LogP contribution in [0.3, 0.4) is 0 Å². The predicted molar refractivity (Wildman–Crippen MR) is 72.6 cm³/mol. The van der Waals surface area contributed by atoms with E-state index in [1.165, 1.54) is 0 Å². The lowest BCUT2D eigenvalue weighted by Gasteiger charge is -2.20. The minimum Gasteiger partial charge on any atom is -0.478 e. The van der Waals surface area contributed by atoms with Crippen molar-refractivity contribution in [3.05, 3.63) is 28.5 Å². The van der Waals surface area contributed by atoms with Gasteiger partial charge in [-0.25, -0.2) is 17.6 Å². The van der Waals surface area contributed by atoms with Gasteiger partial charge in [-0.2, -0.15) is 4.31 Å². The van der Waals surface area contributed by atoms with Crippen molar-refractivity contribution < 1.29 is 27.4 Å². The lowest BCUT2D eigenvalue weighted by atomic mass is 10.2. The molecule has 0 atom stereocenters. The second-order valence-electron chi connectivity index (χ2n) is 4.44. The number of carbonyl (C=O) groups is 1. The van der Waals surface area contributed by atoms with E-state index >= 15 is 0 Å². The van der Waals surface area contributed by atoms with E-state index in [0.717, 1.165) is 16.4 Å². The molecule has 6 nitrogen and oxygen atoms in total. The maximum atomic E-state index is 14.2. The van der Waals surface area contributed by atoms with E-state index in [-0.39, 0.29) is 24.7 Å². The van der Waals surface area contributed by atoms with Crippen LogP contribution in [-0.4, -0.2) is 50.1 Å². The Morgan fingerprint density at radius 2 is 2.05 bits per heavy atom. The van der Waals surface area contributed by atoms with Crippen molar-refractivity contribution in [2.24, 2.45) is 0 Å². The summed E-state index contributed by atoms with van der Waals surface area (Å²) < 4.78 is 45.3. The van der Waals surface area contributed by atoms with E-state index in [0.29, 0.717) is 13.0 Å². The topological polar surface area (TPSA) is 83.9 Å². The van der Waals surface area contributed by atoms with E-state index in [2.05, 4.69) is 0 Å². The molecule has 1 aliphatic heterocycles. The summed E-state index contributed by atoms with van der Waals surface area (Å²) in [6.07, 6.45) is 0.479. The number of hydrogen-bond donors (Lipinski definition) is 1. The lowest BCUT2D eigenvalue weighted by molar-refractivity contribution is 0.0691. The highest BCUT2D eigenvalue weighted by Gasteiger charge is 2.31. The van der Waals surface area contributed by atoms with E-state index < -0.39 is 32.3 Å². The molecule has 1 aromatic carbocycles. The molecule has 21 heavy (non-hydrogen) atoms. The first-order valence-electron chi connectivity index (χ1n) is 6.14. The first-order chi connectivity index (χ1) is 9.84. The first-order valence-corrected chi connectivity index (χ1v) is 7.96. The molecule has 1 saturated heterocycles. The number of ether oxygens (including phenoxy) is 1. The molecule has 1 aromatic rings. The van der Waals surface area contributed by atoms with Crippen molar-refractivity contribution in [2.75, 3.05) is 26.3 Å². The highest BCUT2D eigenvalue weighted by molar-refractivity contribution is 7.89. The van der Waals surface area contributed by atoms with Gasteiger partial charge in [-0.15, -0.1) is 0 Å². The van der Waals surface area contributed by atoms with Crippen LogP contribution in [0, 0.1) is 5.82 Å². The highest BCUT2D eigenvalue weighted by Crippen LogP contribution is 2.27. The summed E-state index contributed by atoms with van der Waals surface area (Å²) in [4.78, 5) is 10.2. The van der Waals surface area contributed by atoms with Crippen LogP contribution in [0.25, 0.3) is 0 Å². The number of carboxylic acids is 1. The van der Waals surface area contributed by atoms with Gasteiger partial charge in [0.1, 0.15) is 4.90 Å². The molecule has 116 valence electrons. The Morgan fingerprint density at radius 1 is 1.33 bits per heavy atom. The van der Waals surface area contributed by atoms with Crippen LogP contribution < -0.4 is 0 Å². The third kappa shape index (κ3) is 3.34. The number of sulfonamides is 1. The molecule has 0 unspecified atom stereocenters. The molecule has 0 radical (unpaired) electrons. The number of carboxylic acid groups (broad SMARTS) is 1. The van der Waals surface area contributed by atoms with Crippen molar-refractivity contribution in [1.29, 1.82) is 0 Å². The molecule has 1 N–H and O–H groups in total. The molecule has 1 fully saturated rings. The van der Waals surface area contributed by atoms with Gasteiger partial charge in [0.25, 0.3) is 0 Å². The van der Waals surface area contributed by atoms with Gasteiger partial charge in [-0.3, -0.25) is 0 Å². The fourth-order valence-electron chi connectivity index (χ4n) is 2.01. The summed E-state index contributed by atoms with van der Waals surface area (Å²) in [6, 6.07) is 1.80. The van der Waals surface area contributed by atoms with Crippen molar-refractivity contribution in [3.8, 4) is 0 Å². The van der Waals surface area contributed by atoms with Gasteiger partial charge in [0.2, 0.25) is 10.0 Å². The van der Waals surface area contributed by atoms with Gasteiger partial charge in [0.05, 0.1) is 12.2 Å². The van der Waals surface area contributed by atoms with Crippen molar-refractivity contribution in [2.45, 2.75) is 11.3 Å². The summed E-state index contributed by atoms with van der Waals surface area (Å²) in [5.74, 6) is -2.89. The fraction of sp³-hybridized carbons (Fsp3) is 0.417. The molecule has 0 spiro atoms. The van der Waals surface area contributed by atoms with E-state index in [9.17, 15) is 17.6 Å².